The van der Waals surface area contributed by atoms with Gasteiger partial charge in [-0.25, -0.2) is 0 Å². The van der Waals surface area contributed by atoms with Crippen LogP contribution >= 0.6 is 11.6 Å². The molecule has 17 heavy (non-hydrogen) atoms. The number of halogens is 4. The first kappa shape index (κ1) is 17.5. The average molecular weight is 291 g/mol. The second kappa shape index (κ2) is 7.16. The third-order valence-electron chi connectivity index (χ3n) is 2.06. The van der Waals surface area contributed by atoms with Crippen LogP contribution in [0, 0.1) is 0 Å². The van der Waals surface area contributed by atoms with Gasteiger partial charge in [-0.05, 0) is 11.6 Å². The van der Waals surface area contributed by atoms with Gasteiger partial charge in [0.15, 0.2) is 0 Å². The number of carbonyl (C=O) groups excluding carboxylic acids is 1. The van der Waals surface area contributed by atoms with E-state index in [1.54, 1.807) is 0 Å². The van der Waals surface area contributed by atoms with Crippen LogP contribution in [0.25, 0.3) is 0 Å². The first-order valence-corrected chi connectivity index (χ1v) is 4.78. The second-order valence-corrected chi connectivity index (χ2v) is 3.54. The molecule has 0 spiro atoms. The zero-order chi connectivity index (χ0) is 12.3. The van der Waals surface area contributed by atoms with E-state index in [-0.39, 0.29) is 62.0 Å². The molecule has 0 aliphatic heterocycles. The minimum Gasteiger partial charge on any atom is -0.469 e. The summed E-state index contributed by atoms with van der Waals surface area (Å²) in [6.07, 6.45) is -0.479. The van der Waals surface area contributed by atoms with Crippen molar-refractivity contribution in [2.45, 2.75) is 6.42 Å². The van der Waals surface area contributed by atoms with Gasteiger partial charge in [0.1, 0.15) is 0 Å². The van der Waals surface area contributed by atoms with Gasteiger partial charge in [-0.15, -0.1) is 5.46 Å². The van der Waals surface area contributed by atoms with Gasteiger partial charge in [-0.3, -0.25) is 4.79 Å². The molecule has 0 radical (unpaired) electrons. The number of esters is 1. The van der Waals surface area contributed by atoms with E-state index < -0.39 is 24.8 Å². The van der Waals surface area contributed by atoms with Crippen molar-refractivity contribution < 1.29 is 73.9 Å². The Bertz CT molecular complexity index is 412. The monoisotopic (exact) mass is 290 g/mol. The molecule has 0 amide bonds. The Morgan fingerprint density at radius 2 is 2.00 bits per heavy atom. The van der Waals surface area contributed by atoms with Gasteiger partial charge in [0.25, 0.3) is 0 Å². The Hall–Kier alpha value is 0.471. The van der Waals surface area contributed by atoms with Gasteiger partial charge >= 0.3 is 64.3 Å². The van der Waals surface area contributed by atoms with E-state index in [9.17, 15) is 17.7 Å². The maximum absolute atomic E-state index is 12.6. The molecule has 0 aliphatic rings. The Balaban J connectivity index is 0.00000256. The molecule has 0 heterocycles. The summed E-state index contributed by atoms with van der Waals surface area (Å²) in [5.41, 5.74) is -1.08. The molecular weight excluding hydrogens is 282 g/mol. The van der Waals surface area contributed by atoms with Crippen molar-refractivity contribution in [2.24, 2.45) is 0 Å². The molecule has 1 rings (SSSR count). The maximum Gasteiger partial charge on any atom is 1.00 e. The average Bonchev–Trinajstić information content (AvgIpc) is 2.19. The molecule has 0 fully saturated rings. The fourth-order valence-electron chi connectivity index (χ4n) is 1.29. The van der Waals surface area contributed by atoms with Crippen molar-refractivity contribution in [2.75, 3.05) is 7.11 Å². The Morgan fingerprint density at radius 3 is 2.47 bits per heavy atom. The zero-order valence-corrected chi connectivity index (χ0v) is 13.2. The minimum atomic E-state index is -5.18. The summed E-state index contributed by atoms with van der Waals surface area (Å²) in [6, 6.07) is 3.42. The third kappa shape index (κ3) is 4.92. The smallest absolute Gasteiger partial charge is 0.469 e. The van der Waals surface area contributed by atoms with Crippen LogP contribution in [0.1, 0.15) is 5.56 Å². The summed E-state index contributed by atoms with van der Waals surface area (Å²) >= 11 is 5.64. The molecule has 1 aromatic rings. The Labute approximate surface area is 144 Å². The van der Waals surface area contributed by atoms with Gasteiger partial charge < -0.3 is 17.7 Å². The molecule has 0 atom stereocenters. The molecule has 8 heteroatoms. The van der Waals surface area contributed by atoms with Crippen molar-refractivity contribution in [1.82, 2.24) is 0 Å². The van der Waals surface area contributed by atoms with Crippen LogP contribution in [0.3, 0.4) is 0 Å². The number of ether oxygens (including phenoxy) is 1. The first-order valence-electron chi connectivity index (χ1n) is 4.40. The molecular formula is C9H8BClF3KO2. The van der Waals surface area contributed by atoms with Crippen molar-refractivity contribution in [3.63, 3.8) is 0 Å². The van der Waals surface area contributed by atoms with E-state index in [1.807, 2.05) is 0 Å². The van der Waals surface area contributed by atoms with E-state index in [4.69, 9.17) is 11.6 Å². The van der Waals surface area contributed by atoms with Gasteiger partial charge in [0, 0.05) is 5.02 Å². The van der Waals surface area contributed by atoms with Crippen molar-refractivity contribution >= 4 is 30.0 Å². The second-order valence-electron chi connectivity index (χ2n) is 3.14. The van der Waals surface area contributed by atoms with Crippen LogP contribution in [-0.2, 0) is 16.0 Å². The molecule has 1 aromatic carbocycles. The molecule has 0 bridgehead atoms. The summed E-state index contributed by atoms with van der Waals surface area (Å²) in [5.74, 6) is -0.755. The van der Waals surface area contributed by atoms with Crippen molar-refractivity contribution in [3.8, 4) is 0 Å². The normalized spacial score (nSPS) is 10.6. The van der Waals surface area contributed by atoms with Gasteiger partial charge in [0.2, 0.25) is 0 Å². The van der Waals surface area contributed by atoms with Crippen LogP contribution in [0.2, 0.25) is 5.02 Å². The fourth-order valence-corrected chi connectivity index (χ4v) is 1.53. The van der Waals surface area contributed by atoms with Crippen LogP contribution in [0.15, 0.2) is 18.2 Å². The molecule has 0 aromatic heterocycles. The fraction of sp³-hybridized carbons (Fsp3) is 0.222. The van der Waals surface area contributed by atoms with Gasteiger partial charge in [-0.2, -0.15) is 0 Å². The van der Waals surface area contributed by atoms with Crippen molar-refractivity contribution in [3.05, 3.63) is 28.8 Å². The zero-order valence-electron chi connectivity index (χ0n) is 9.34. The molecule has 0 N–H and O–H groups in total. The van der Waals surface area contributed by atoms with Crippen LogP contribution in [0.5, 0.6) is 0 Å². The predicted octanol–water partition coefficient (Wildman–Crippen LogP) is -0.886. The first-order chi connectivity index (χ1) is 7.36. The van der Waals surface area contributed by atoms with Gasteiger partial charge in [0.05, 0.1) is 13.5 Å². The predicted molar refractivity (Wildman–Crippen MR) is 55.9 cm³/mol. The number of methoxy groups -OCH3 is 1. The standard InChI is InChI=1S/C9H8BClF3O2.K/c1-16-9(15)5-6-7(10(12,13)14)3-2-4-8(6)11;/h2-4H,5H2,1H3;/q-1;+1. The van der Waals surface area contributed by atoms with E-state index in [0.717, 1.165) is 13.2 Å². The summed E-state index contributed by atoms with van der Waals surface area (Å²) in [7, 11) is 1.11. The molecule has 2 nitrogen and oxygen atoms in total. The topological polar surface area (TPSA) is 26.3 Å². The third-order valence-corrected chi connectivity index (χ3v) is 2.41. The van der Waals surface area contributed by atoms with Crippen LogP contribution in [-0.4, -0.2) is 20.1 Å². The van der Waals surface area contributed by atoms with E-state index in [1.165, 1.54) is 12.1 Å². The summed E-state index contributed by atoms with van der Waals surface area (Å²) < 4.78 is 42.2. The summed E-state index contributed by atoms with van der Waals surface area (Å²) in [5, 5.41) is -0.0814. The molecule has 0 unspecified atom stereocenters. The number of carbonyl (C=O) groups is 1. The maximum atomic E-state index is 12.6. The summed E-state index contributed by atoms with van der Waals surface area (Å²) in [4.78, 5) is 11.0. The molecule has 0 aliphatic carbocycles. The van der Waals surface area contributed by atoms with Crippen molar-refractivity contribution in [1.29, 1.82) is 0 Å². The number of hydrogen-bond donors (Lipinski definition) is 0. The molecule has 0 saturated heterocycles. The van der Waals surface area contributed by atoms with E-state index >= 15 is 0 Å². The summed E-state index contributed by atoms with van der Waals surface area (Å²) in [6.45, 7) is -5.18. The van der Waals surface area contributed by atoms with Gasteiger partial charge in [-0.1, -0.05) is 23.7 Å². The number of benzene rings is 1. The van der Waals surface area contributed by atoms with Crippen LogP contribution < -0.4 is 56.8 Å². The number of hydrogen-bond acceptors (Lipinski definition) is 2. The van der Waals surface area contributed by atoms with E-state index in [0.29, 0.717) is 0 Å². The Kier molecular flexibility index (Phi) is 7.36. The quantitative estimate of drug-likeness (QED) is 0.533. The largest absolute Gasteiger partial charge is 1.00 e. The minimum absolute atomic E-state index is 0. The van der Waals surface area contributed by atoms with E-state index in [2.05, 4.69) is 4.74 Å². The van der Waals surface area contributed by atoms with Crippen LogP contribution in [0.4, 0.5) is 12.9 Å². The molecule has 88 valence electrons. The SMILES string of the molecule is COC(=O)Cc1c(Cl)cccc1[B-](F)(F)F.[K+]. The molecule has 0 saturated carbocycles. The number of rotatable bonds is 3. The Morgan fingerprint density at radius 1 is 1.41 bits per heavy atom.